The van der Waals surface area contributed by atoms with Crippen molar-refractivity contribution in [3.8, 4) is 0 Å². The standard InChI is InChI=1S/C15H20N2O/c1-10-5-2-3-6-11(10)14-7-4-8-17(14)15(18)12-9-13(12)16/h2-3,5-6,12-14H,4,7-9,16H2,1H3. The fourth-order valence-corrected chi connectivity index (χ4v) is 3.03. The molecule has 3 nitrogen and oxygen atoms in total. The molecule has 1 saturated carbocycles. The molecule has 18 heavy (non-hydrogen) atoms. The first-order valence-electron chi connectivity index (χ1n) is 6.80. The maximum absolute atomic E-state index is 12.4. The zero-order chi connectivity index (χ0) is 12.7. The first-order valence-corrected chi connectivity index (χ1v) is 6.80. The van der Waals surface area contributed by atoms with Crippen LogP contribution in [0.4, 0.5) is 0 Å². The zero-order valence-electron chi connectivity index (χ0n) is 10.8. The molecule has 3 heteroatoms. The summed E-state index contributed by atoms with van der Waals surface area (Å²) in [5.74, 6) is 0.364. The van der Waals surface area contributed by atoms with E-state index in [1.807, 2.05) is 0 Å². The summed E-state index contributed by atoms with van der Waals surface area (Å²) in [6, 6.07) is 8.77. The molecule has 0 radical (unpaired) electrons. The van der Waals surface area contributed by atoms with Crippen LogP contribution in [0.5, 0.6) is 0 Å². The second-order valence-electron chi connectivity index (χ2n) is 5.55. The summed E-state index contributed by atoms with van der Waals surface area (Å²) in [6.45, 7) is 3.01. The zero-order valence-corrected chi connectivity index (χ0v) is 10.8. The number of likely N-dealkylation sites (tertiary alicyclic amines) is 1. The molecule has 1 aliphatic heterocycles. The number of hydrogen-bond donors (Lipinski definition) is 1. The van der Waals surface area contributed by atoms with Crippen molar-refractivity contribution in [3.05, 3.63) is 35.4 Å². The van der Waals surface area contributed by atoms with Crippen molar-refractivity contribution in [1.29, 1.82) is 0 Å². The lowest BCUT2D eigenvalue weighted by Gasteiger charge is -2.26. The highest BCUT2D eigenvalue weighted by Gasteiger charge is 2.45. The third-order valence-corrected chi connectivity index (χ3v) is 4.24. The number of rotatable bonds is 2. The molecule has 2 N–H and O–H groups in total. The van der Waals surface area contributed by atoms with Crippen molar-refractivity contribution >= 4 is 5.91 Å². The number of nitrogens with zero attached hydrogens (tertiary/aromatic N) is 1. The molecular formula is C15H20N2O. The lowest BCUT2D eigenvalue weighted by molar-refractivity contribution is -0.133. The van der Waals surface area contributed by atoms with Gasteiger partial charge in [-0.25, -0.2) is 0 Å². The van der Waals surface area contributed by atoms with Crippen molar-refractivity contribution in [3.63, 3.8) is 0 Å². The number of carbonyl (C=O) groups is 1. The van der Waals surface area contributed by atoms with Crippen LogP contribution < -0.4 is 5.73 Å². The van der Waals surface area contributed by atoms with Gasteiger partial charge in [0.15, 0.2) is 0 Å². The fourth-order valence-electron chi connectivity index (χ4n) is 3.03. The molecule has 0 bridgehead atoms. The van der Waals surface area contributed by atoms with Crippen LogP contribution in [0, 0.1) is 12.8 Å². The number of aryl methyl sites for hydroxylation is 1. The Bertz CT molecular complexity index is 471. The van der Waals surface area contributed by atoms with E-state index >= 15 is 0 Å². The predicted molar refractivity (Wildman–Crippen MR) is 70.9 cm³/mol. The van der Waals surface area contributed by atoms with Crippen molar-refractivity contribution in [2.24, 2.45) is 11.7 Å². The molecule has 3 atom stereocenters. The first kappa shape index (κ1) is 11.7. The molecule has 1 saturated heterocycles. The maximum Gasteiger partial charge on any atom is 0.227 e. The van der Waals surface area contributed by atoms with E-state index in [9.17, 15) is 4.79 Å². The fraction of sp³-hybridized carbons (Fsp3) is 0.533. The van der Waals surface area contributed by atoms with Gasteiger partial charge in [0, 0.05) is 12.6 Å². The normalized spacial score (nSPS) is 30.6. The SMILES string of the molecule is Cc1ccccc1C1CCCN1C(=O)C1CC1N. The number of hydrogen-bond acceptors (Lipinski definition) is 2. The van der Waals surface area contributed by atoms with Gasteiger partial charge in [0.2, 0.25) is 5.91 Å². The maximum atomic E-state index is 12.4. The molecule has 1 amide bonds. The summed E-state index contributed by atoms with van der Waals surface area (Å²) in [5, 5.41) is 0. The molecule has 1 aromatic carbocycles. The molecular weight excluding hydrogens is 224 g/mol. The van der Waals surface area contributed by atoms with Crippen LogP contribution in [-0.4, -0.2) is 23.4 Å². The predicted octanol–water partition coefficient (Wildman–Crippen LogP) is 2.01. The highest BCUT2D eigenvalue weighted by Crippen LogP contribution is 2.38. The van der Waals surface area contributed by atoms with Crippen molar-refractivity contribution in [2.75, 3.05) is 6.54 Å². The van der Waals surface area contributed by atoms with E-state index in [0.717, 1.165) is 25.8 Å². The van der Waals surface area contributed by atoms with E-state index in [-0.39, 0.29) is 23.9 Å². The second kappa shape index (κ2) is 4.39. The summed E-state index contributed by atoms with van der Waals surface area (Å²) in [6.07, 6.45) is 3.06. The Labute approximate surface area is 108 Å². The van der Waals surface area contributed by atoms with Gasteiger partial charge in [-0.3, -0.25) is 4.79 Å². The summed E-state index contributed by atoms with van der Waals surface area (Å²) in [5.41, 5.74) is 8.38. The minimum Gasteiger partial charge on any atom is -0.335 e. The molecule has 1 aromatic rings. The van der Waals surface area contributed by atoms with Gasteiger partial charge in [0.25, 0.3) is 0 Å². The van der Waals surface area contributed by atoms with Crippen LogP contribution in [0.25, 0.3) is 0 Å². The Balaban J connectivity index is 1.83. The summed E-state index contributed by atoms with van der Waals surface area (Å²) in [4.78, 5) is 14.4. The van der Waals surface area contributed by atoms with Gasteiger partial charge in [0.05, 0.1) is 12.0 Å². The third-order valence-electron chi connectivity index (χ3n) is 4.24. The van der Waals surface area contributed by atoms with Gasteiger partial charge < -0.3 is 10.6 Å². The number of nitrogens with two attached hydrogens (primary N) is 1. The molecule has 2 aliphatic rings. The minimum atomic E-state index is 0.0922. The van der Waals surface area contributed by atoms with Gasteiger partial charge in [-0.05, 0) is 37.3 Å². The second-order valence-corrected chi connectivity index (χ2v) is 5.55. The lowest BCUT2D eigenvalue weighted by atomic mass is 9.99. The van der Waals surface area contributed by atoms with E-state index in [1.54, 1.807) is 0 Å². The average Bonchev–Trinajstić information content (AvgIpc) is 2.91. The van der Waals surface area contributed by atoms with Gasteiger partial charge in [0.1, 0.15) is 0 Å². The average molecular weight is 244 g/mol. The van der Waals surface area contributed by atoms with Crippen molar-refractivity contribution in [1.82, 2.24) is 4.90 Å². The Kier molecular flexibility index (Phi) is 2.86. The van der Waals surface area contributed by atoms with E-state index in [4.69, 9.17) is 5.73 Å². The Morgan fingerprint density at radius 1 is 1.39 bits per heavy atom. The number of benzene rings is 1. The molecule has 96 valence electrons. The number of amides is 1. The highest BCUT2D eigenvalue weighted by molar-refractivity contribution is 5.83. The first-order chi connectivity index (χ1) is 8.68. The quantitative estimate of drug-likeness (QED) is 0.865. The van der Waals surface area contributed by atoms with Crippen LogP contribution in [0.15, 0.2) is 24.3 Å². The largest absolute Gasteiger partial charge is 0.335 e. The number of carbonyl (C=O) groups excluding carboxylic acids is 1. The summed E-state index contributed by atoms with van der Waals surface area (Å²) >= 11 is 0. The van der Waals surface area contributed by atoms with Crippen LogP contribution in [-0.2, 0) is 4.79 Å². The molecule has 0 aromatic heterocycles. The topological polar surface area (TPSA) is 46.3 Å². The smallest absolute Gasteiger partial charge is 0.227 e. The van der Waals surface area contributed by atoms with Crippen LogP contribution in [0.2, 0.25) is 0 Å². The molecule has 1 heterocycles. The Morgan fingerprint density at radius 3 is 2.78 bits per heavy atom. The van der Waals surface area contributed by atoms with Crippen LogP contribution in [0.1, 0.15) is 36.4 Å². The third kappa shape index (κ3) is 1.93. The van der Waals surface area contributed by atoms with Gasteiger partial charge in [-0.2, -0.15) is 0 Å². The van der Waals surface area contributed by atoms with E-state index < -0.39 is 0 Å². The van der Waals surface area contributed by atoms with Crippen LogP contribution >= 0.6 is 0 Å². The van der Waals surface area contributed by atoms with Crippen molar-refractivity contribution in [2.45, 2.75) is 38.3 Å². The molecule has 0 spiro atoms. The highest BCUT2D eigenvalue weighted by atomic mass is 16.2. The van der Waals surface area contributed by atoms with Gasteiger partial charge >= 0.3 is 0 Å². The monoisotopic (exact) mass is 244 g/mol. The Hall–Kier alpha value is -1.35. The molecule has 3 unspecified atom stereocenters. The van der Waals surface area contributed by atoms with Gasteiger partial charge in [-0.15, -0.1) is 0 Å². The summed E-state index contributed by atoms with van der Waals surface area (Å²) in [7, 11) is 0. The summed E-state index contributed by atoms with van der Waals surface area (Å²) < 4.78 is 0. The molecule has 3 rings (SSSR count). The van der Waals surface area contributed by atoms with Crippen LogP contribution in [0.3, 0.4) is 0 Å². The van der Waals surface area contributed by atoms with E-state index in [2.05, 4.69) is 36.1 Å². The van der Waals surface area contributed by atoms with Gasteiger partial charge in [-0.1, -0.05) is 24.3 Å². The molecule has 1 aliphatic carbocycles. The molecule has 2 fully saturated rings. The van der Waals surface area contributed by atoms with E-state index in [0.29, 0.717) is 0 Å². The van der Waals surface area contributed by atoms with E-state index in [1.165, 1.54) is 11.1 Å². The minimum absolute atomic E-state index is 0.0922. The lowest BCUT2D eigenvalue weighted by Crippen LogP contribution is -2.33. The van der Waals surface area contributed by atoms with Crippen molar-refractivity contribution < 1.29 is 4.79 Å². The Morgan fingerprint density at radius 2 is 2.11 bits per heavy atom.